The topological polar surface area (TPSA) is 42.1 Å². The number of aryl methyl sites for hydroxylation is 2. The lowest BCUT2D eigenvalue weighted by Crippen LogP contribution is -2.37. The molecular formula is C16H27N3. The fraction of sp³-hybridized carbons (Fsp3) is 0.688. The summed E-state index contributed by atoms with van der Waals surface area (Å²) in [4.78, 5) is 7.12. The van der Waals surface area contributed by atoms with Gasteiger partial charge in [0, 0.05) is 30.9 Å². The Morgan fingerprint density at radius 1 is 1.37 bits per heavy atom. The summed E-state index contributed by atoms with van der Waals surface area (Å²) in [6.07, 6.45) is 5.25. The van der Waals surface area contributed by atoms with E-state index in [1.54, 1.807) is 0 Å². The maximum atomic E-state index is 5.93. The van der Waals surface area contributed by atoms with Crippen LogP contribution in [-0.4, -0.2) is 18.1 Å². The van der Waals surface area contributed by atoms with Crippen LogP contribution in [0.1, 0.15) is 49.4 Å². The lowest BCUT2D eigenvalue weighted by Gasteiger charge is -2.36. The van der Waals surface area contributed by atoms with E-state index in [0.29, 0.717) is 12.6 Å². The summed E-state index contributed by atoms with van der Waals surface area (Å²) in [6, 6.07) is 2.74. The van der Waals surface area contributed by atoms with Crippen molar-refractivity contribution in [3.05, 3.63) is 22.9 Å². The molecule has 1 heterocycles. The number of aromatic nitrogens is 1. The van der Waals surface area contributed by atoms with Gasteiger partial charge in [-0.2, -0.15) is 0 Å². The van der Waals surface area contributed by atoms with Gasteiger partial charge in [-0.1, -0.05) is 19.8 Å². The van der Waals surface area contributed by atoms with Crippen molar-refractivity contribution in [2.24, 2.45) is 11.7 Å². The quantitative estimate of drug-likeness (QED) is 0.908. The molecule has 106 valence electrons. The van der Waals surface area contributed by atoms with E-state index in [4.69, 9.17) is 10.7 Å². The summed E-state index contributed by atoms with van der Waals surface area (Å²) in [7, 11) is 2.18. The van der Waals surface area contributed by atoms with Crippen molar-refractivity contribution >= 4 is 5.82 Å². The molecule has 2 unspecified atom stereocenters. The van der Waals surface area contributed by atoms with Crippen LogP contribution in [0.4, 0.5) is 5.82 Å². The monoisotopic (exact) mass is 261 g/mol. The number of anilines is 1. The predicted octanol–water partition coefficient (Wildman–Crippen LogP) is 3.17. The van der Waals surface area contributed by atoms with Crippen LogP contribution in [0.5, 0.6) is 0 Å². The Bertz CT molecular complexity index is 442. The van der Waals surface area contributed by atoms with Crippen molar-refractivity contribution in [2.75, 3.05) is 11.9 Å². The number of rotatable bonds is 3. The molecule has 0 aliphatic heterocycles. The summed E-state index contributed by atoms with van der Waals surface area (Å²) in [6.45, 7) is 7.13. The molecule has 19 heavy (non-hydrogen) atoms. The van der Waals surface area contributed by atoms with Crippen molar-refractivity contribution < 1.29 is 0 Å². The van der Waals surface area contributed by atoms with E-state index >= 15 is 0 Å². The van der Waals surface area contributed by atoms with E-state index in [0.717, 1.165) is 17.4 Å². The third kappa shape index (κ3) is 3.08. The predicted molar refractivity (Wildman–Crippen MR) is 81.4 cm³/mol. The molecule has 0 bridgehead atoms. The normalized spacial score (nSPS) is 23.4. The fourth-order valence-electron chi connectivity index (χ4n) is 3.31. The van der Waals surface area contributed by atoms with Gasteiger partial charge < -0.3 is 10.6 Å². The molecule has 0 amide bonds. The Hall–Kier alpha value is -1.09. The second kappa shape index (κ2) is 5.91. The summed E-state index contributed by atoms with van der Waals surface area (Å²) < 4.78 is 0. The molecule has 1 aromatic rings. The van der Waals surface area contributed by atoms with Crippen molar-refractivity contribution in [1.29, 1.82) is 0 Å². The number of nitrogens with two attached hydrogens (primary N) is 1. The highest BCUT2D eigenvalue weighted by atomic mass is 15.2. The summed E-state index contributed by atoms with van der Waals surface area (Å²) in [5.41, 5.74) is 9.48. The van der Waals surface area contributed by atoms with Crippen LogP contribution in [0.2, 0.25) is 0 Å². The maximum Gasteiger partial charge on any atom is 0.133 e. The van der Waals surface area contributed by atoms with Gasteiger partial charge in [0.1, 0.15) is 5.82 Å². The van der Waals surface area contributed by atoms with E-state index < -0.39 is 0 Å². The smallest absolute Gasteiger partial charge is 0.133 e. The van der Waals surface area contributed by atoms with E-state index in [9.17, 15) is 0 Å². The van der Waals surface area contributed by atoms with Gasteiger partial charge in [0.05, 0.1) is 0 Å². The average molecular weight is 261 g/mol. The molecule has 1 saturated carbocycles. The molecule has 3 nitrogen and oxygen atoms in total. The highest BCUT2D eigenvalue weighted by Crippen LogP contribution is 2.31. The molecule has 2 atom stereocenters. The zero-order valence-corrected chi connectivity index (χ0v) is 12.7. The van der Waals surface area contributed by atoms with E-state index in [2.05, 4.69) is 38.8 Å². The molecule has 1 aliphatic rings. The summed E-state index contributed by atoms with van der Waals surface area (Å²) in [5, 5.41) is 0. The van der Waals surface area contributed by atoms with Crippen LogP contribution in [0, 0.1) is 19.8 Å². The van der Waals surface area contributed by atoms with Gasteiger partial charge in [-0.25, -0.2) is 4.98 Å². The van der Waals surface area contributed by atoms with Gasteiger partial charge in [-0.15, -0.1) is 0 Å². The summed E-state index contributed by atoms with van der Waals surface area (Å²) >= 11 is 0. The molecule has 1 aromatic heterocycles. The average Bonchev–Trinajstić information content (AvgIpc) is 2.37. The molecule has 2 N–H and O–H groups in total. The number of nitrogens with zero attached hydrogens (tertiary/aromatic N) is 2. The molecule has 1 fully saturated rings. The van der Waals surface area contributed by atoms with Gasteiger partial charge in [0.2, 0.25) is 0 Å². The fourth-order valence-corrected chi connectivity index (χ4v) is 3.31. The van der Waals surface area contributed by atoms with E-state index in [1.165, 1.54) is 36.8 Å². The second-order valence-corrected chi connectivity index (χ2v) is 6.12. The first-order valence-corrected chi connectivity index (χ1v) is 7.43. The molecular weight excluding hydrogens is 234 g/mol. The Balaban J connectivity index is 2.29. The minimum atomic E-state index is 0.570. The zero-order valence-electron chi connectivity index (χ0n) is 12.7. The third-order valence-corrected chi connectivity index (χ3v) is 4.45. The van der Waals surface area contributed by atoms with E-state index in [-0.39, 0.29) is 0 Å². The largest absolute Gasteiger partial charge is 0.356 e. The van der Waals surface area contributed by atoms with Crippen LogP contribution < -0.4 is 10.6 Å². The van der Waals surface area contributed by atoms with Crippen LogP contribution in [0.25, 0.3) is 0 Å². The second-order valence-electron chi connectivity index (χ2n) is 6.12. The van der Waals surface area contributed by atoms with Crippen molar-refractivity contribution in [2.45, 2.75) is 59.0 Å². The van der Waals surface area contributed by atoms with Gasteiger partial charge in [-0.3, -0.25) is 0 Å². The molecule has 0 aromatic carbocycles. The highest BCUT2D eigenvalue weighted by molar-refractivity contribution is 5.51. The standard InChI is InChI=1S/C16H27N3/c1-11-6-5-7-14(8-11)19(4)16-15(10-17)12(2)9-13(3)18-16/h9,11,14H,5-8,10,17H2,1-4H3. The van der Waals surface area contributed by atoms with Crippen molar-refractivity contribution in [1.82, 2.24) is 4.98 Å². The lowest BCUT2D eigenvalue weighted by atomic mass is 9.86. The minimum absolute atomic E-state index is 0.570. The third-order valence-electron chi connectivity index (χ3n) is 4.45. The molecule has 0 spiro atoms. The zero-order chi connectivity index (χ0) is 14.0. The molecule has 0 radical (unpaired) electrons. The van der Waals surface area contributed by atoms with Gasteiger partial charge >= 0.3 is 0 Å². The first kappa shape index (κ1) is 14.3. The highest BCUT2D eigenvalue weighted by Gasteiger charge is 2.25. The maximum absolute atomic E-state index is 5.93. The molecule has 2 rings (SSSR count). The summed E-state index contributed by atoms with van der Waals surface area (Å²) in [5.74, 6) is 1.92. The molecule has 0 saturated heterocycles. The van der Waals surface area contributed by atoms with Crippen molar-refractivity contribution in [3.63, 3.8) is 0 Å². The Morgan fingerprint density at radius 3 is 2.74 bits per heavy atom. The Kier molecular flexibility index (Phi) is 4.46. The SMILES string of the molecule is Cc1cc(C)c(CN)c(N(C)C2CCCC(C)C2)n1. The molecule has 1 aliphatic carbocycles. The Labute approximate surface area is 117 Å². The lowest BCUT2D eigenvalue weighted by molar-refractivity contribution is 0.335. The van der Waals surface area contributed by atoms with Gasteiger partial charge in [-0.05, 0) is 44.2 Å². The number of hydrogen-bond acceptors (Lipinski definition) is 3. The Morgan fingerprint density at radius 2 is 2.11 bits per heavy atom. The van der Waals surface area contributed by atoms with Gasteiger partial charge in [0.15, 0.2) is 0 Å². The first-order valence-electron chi connectivity index (χ1n) is 7.43. The van der Waals surface area contributed by atoms with E-state index in [1.807, 2.05) is 0 Å². The number of pyridine rings is 1. The van der Waals surface area contributed by atoms with Gasteiger partial charge in [0.25, 0.3) is 0 Å². The van der Waals surface area contributed by atoms with Crippen LogP contribution in [-0.2, 0) is 6.54 Å². The molecule has 3 heteroatoms. The first-order chi connectivity index (χ1) is 9.02. The van der Waals surface area contributed by atoms with Crippen LogP contribution >= 0.6 is 0 Å². The van der Waals surface area contributed by atoms with Crippen LogP contribution in [0.15, 0.2) is 6.07 Å². The number of hydrogen-bond donors (Lipinski definition) is 1. The minimum Gasteiger partial charge on any atom is -0.356 e. The van der Waals surface area contributed by atoms with Crippen molar-refractivity contribution in [3.8, 4) is 0 Å². The van der Waals surface area contributed by atoms with Crippen LogP contribution in [0.3, 0.4) is 0 Å².